The van der Waals surface area contributed by atoms with E-state index >= 15 is 0 Å². The van der Waals surface area contributed by atoms with E-state index in [-0.39, 0.29) is 16.7 Å². The van der Waals surface area contributed by atoms with Crippen LogP contribution < -0.4 is 9.50 Å². The number of benzene rings is 2. The molecule has 0 spiro atoms. The molecule has 1 unspecified atom stereocenters. The third-order valence-corrected chi connectivity index (χ3v) is 5.02. The zero-order chi connectivity index (χ0) is 20.9. The average molecular weight is 406 g/mol. The van der Waals surface area contributed by atoms with Gasteiger partial charge in [0.1, 0.15) is 16.2 Å². The zero-order valence-electron chi connectivity index (χ0n) is 16.9. The minimum absolute atomic E-state index is 0.0906. The number of aryl methyl sites for hydroxylation is 1. The topological polar surface area (TPSA) is 81.7 Å². The van der Waals surface area contributed by atoms with Gasteiger partial charge in [-0.2, -0.15) is 8.42 Å². The maximum atomic E-state index is 12.6. The lowest BCUT2D eigenvalue weighted by molar-refractivity contribution is 0.0508. The molecule has 1 amide bonds. The first-order valence-electron chi connectivity index (χ1n) is 9.05. The van der Waals surface area contributed by atoms with Crippen LogP contribution in [0.1, 0.15) is 38.8 Å². The highest BCUT2D eigenvalue weighted by molar-refractivity contribution is 7.87. The largest absolute Gasteiger partial charge is 0.444 e. The van der Waals surface area contributed by atoms with Gasteiger partial charge in [0.15, 0.2) is 0 Å². The van der Waals surface area contributed by atoms with E-state index in [1.54, 1.807) is 57.2 Å². The smallest absolute Gasteiger partial charge is 0.407 e. The molecular formula is C21H27NO5S. The Morgan fingerprint density at radius 1 is 1.07 bits per heavy atom. The predicted octanol–water partition coefficient (Wildman–Crippen LogP) is 4.22. The summed E-state index contributed by atoms with van der Waals surface area (Å²) in [6.45, 7) is 9.06. The summed E-state index contributed by atoms with van der Waals surface area (Å²) in [5.41, 5.74) is 1.04. The van der Waals surface area contributed by atoms with Gasteiger partial charge in [0.05, 0.1) is 0 Å². The molecule has 0 aliphatic carbocycles. The molecule has 0 radical (unpaired) electrons. The van der Waals surface area contributed by atoms with Crippen molar-refractivity contribution in [3.05, 3.63) is 59.7 Å². The predicted molar refractivity (Wildman–Crippen MR) is 108 cm³/mol. The number of carbonyl (C=O) groups excluding carboxylic acids is 1. The minimum atomic E-state index is -3.95. The molecule has 0 heterocycles. The van der Waals surface area contributed by atoms with Crippen LogP contribution in [0.3, 0.4) is 0 Å². The van der Waals surface area contributed by atoms with Crippen molar-refractivity contribution in [2.24, 2.45) is 0 Å². The first-order valence-corrected chi connectivity index (χ1v) is 10.5. The number of alkyl carbamates (subject to hydrolysis) is 1. The first-order chi connectivity index (χ1) is 13.0. The first kappa shape index (κ1) is 21.8. The molecule has 0 aromatic heterocycles. The lowest BCUT2D eigenvalue weighted by Crippen LogP contribution is -2.38. The van der Waals surface area contributed by atoms with E-state index in [2.05, 4.69) is 5.32 Å². The molecule has 6 nitrogen and oxygen atoms in total. The van der Waals surface area contributed by atoms with Gasteiger partial charge < -0.3 is 14.2 Å². The van der Waals surface area contributed by atoms with Gasteiger partial charge in [-0.3, -0.25) is 0 Å². The van der Waals surface area contributed by atoms with Gasteiger partial charge >= 0.3 is 16.2 Å². The van der Waals surface area contributed by atoms with Crippen LogP contribution in [0.5, 0.6) is 5.75 Å². The Morgan fingerprint density at radius 2 is 1.68 bits per heavy atom. The van der Waals surface area contributed by atoms with E-state index in [9.17, 15) is 13.2 Å². The third-order valence-electron chi connectivity index (χ3n) is 3.77. The Kier molecular flexibility index (Phi) is 6.72. The molecule has 0 bridgehead atoms. The van der Waals surface area contributed by atoms with Crippen molar-refractivity contribution in [3.8, 4) is 5.75 Å². The number of amides is 1. The number of rotatable bonds is 6. The van der Waals surface area contributed by atoms with Crippen LogP contribution in [-0.4, -0.2) is 26.2 Å². The van der Waals surface area contributed by atoms with Crippen LogP contribution in [0.25, 0.3) is 0 Å². The maximum Gasteiger partial charge on any atom is 0.407 e. The van der Waals surface area contributed by atoms with Crippen molar-refractivity contribution in [1.29, 1.82) is 0 Å². The van der Waals surface area contributed by atoms with Crippen LogP contribution in [0.2, 0.25) is 0 Å². The SMILES string of the molecule is Cc1ccc(S(=O)(=O)Oc2ccccc2CC(C)NC(=O)OC(C)(C)C)cc1. The van der Waals surface area contributed by atoms with Gasteiger partial charge in [0, 0.05) is 6.04 Å². The van der Waals surface area contributed by atoms with E-state index < -0.39 is 21.8 Å². The highest BCUT2D eigenvalue weighted by Crippen LogP contribution is 2.24. The second kappa shape index (κ2) is 8.65. The van der Waals surface area contributed by atoms with Gasteiger partial charge in [-0.05, 0) is 64.8 Å². The van der Waals surface area contributed by atoms with Crippen molar-refractivity contribution in [2.45, 2.75) is 57.6 Å². The Balaban J connectivity index is 2.12. The summed E-state index contributed by atoms with van der Waals surface area (Å²) in [5, 5.41) is 2.75. The molecule has 1 atom stereocenters. The summed E-state index contributed by atoms with van der Waals surface area (Å²) < 4.78 is 35.8. The maximum absolute atomic E-state index is 12.6. The standard InChI is InChI=1S/C21H27NO5S/c1-15-10-12-18(13-11-15)28(24,25)27-19-9-7-6-8-17(19)14-16(2)22-20(23)26-21(3,4)5/h6-13,16H,14H2,1-5H3,(H,22,23). The number of hydrogen-bond donors (Lipinski definition) is 1. The number of hydrogen-bond acceptors (Lipinski definition) is 5. The van der Waals surface area contributed by atoms with E-state index in [1.165, 1.54) is 12.1 Å². The lowest BCUT2D eigenvalue weighted by Gasteiger charge is -2.22. The minimum Gasteiger partial charge on any atom is -0.444 e. The highest BCUT2D eigenvalue weighted by Gasteiger charge is 2.21. The van der Waals surface area contributed by atoms with Crippen LogP contribution in [0.15, 0.2) is 53.4 Å². The number of para-hydroxylation sites is 1. The average Bonchev–Trinajstić information content (AvgIpc) is 2.55. The van der Waals surface area contributed by atoms with E-state index in [1.807, 2.05) is 13.8 Å². The fraction of sp³-hybridized carbons (Fsp3) is 0.381. The molecule has 0 aliphatic rings. The van der Waals surface area contributed by atoms with Crippen molar-refractivity contribution in [1.82, 2.24) is 5.32 Å². The quantitative estimate of drug-likeness (QED) is 0.728. The monoisotopic (exact) mass is 405 g/mol. The number of nitrogens with one attached hydrogen (secondary N) is 1. The van der Waals surface area contributed by atoms with Crippen molar-refractivity contribution in [3.63, 3.8) is 0 Å². The van der Waals surface area contributed by atoms with E-state index in [0.717, 1.165) is 5.56 Å². The summed E-state index contributed by atoms with van der Waals surface area (Å²) in [7, 11) is -3.95. The molecule has 0 aliphatic heterocycles. The van der Waals surface area contributed by atoms with Crippen molar-refractivity contribution >= 4 is 16.2 Å². The van der Waals surface area contributed by atoms with Gasteiger partial charge in [0.2, 0.25) is 0 Å². The summed E-state index contributed by atoms with van der Waals surface area (Å²) in [6, 6.07) is 13.1. The molecule has 0 fully saturated rings. The normalized spacial score (nSPS) is 12.9. The highest BCUT2D eigenvalue weighted by atomic mass is 32.2. The molecule has 2 aromatic carbocycles. The van der Waals surface area contributed by atoms with Crippen LogP contribution in [0.4, 0.5) is 4.79 Å². The van der Waals surface area contributed by atoms with Gasteiger partial charge in [-0.15, -0.1) is 0 Å². The Labute approximate surface area is 167 Å². The molecule has 2 rings (SSSR count). The summed E-state index contributed by atoms with van der Waals surface area (Å²) in [5.74, 6) is 0.237. The summed E-state index contributed by atoms with van der Waals surface area (Å²) >= 11 is 0. The molecule has 28 heavy (non-hydrogen) atoms. The van der Waals surface area contributed by atoms with Gasteiger partial charge in [0.25, 0.3) is 0 Å². The third kappa shape index (κ3) is 6.56. The molecule has 0 saturated carbocycles. The Hall–Kier alpha value is -2.54. The Morgan fingerprint density at radius 3 is 2.29 bits per heavy atom. The van der Waals surface area contributed by atoms with Crippen molar-refractivity contribution < 1.29 is 22.1 Å². The number of carbonyl (C=O) groups is 1. The van der Waals surface area contributed by atoms with Crippen LogP contribution in [-0.2, 0) is 21.3 Å². The lowest BCUT2D eigenvalue weighted by atomic mass is 10.1. The molecule has 7 heteroatoms. The molecular weight excluding hydrogens is 378 g/mol. The molecule has 1 N–H and O–H groups in total. The Bertz CT molecular complexity index is 915. The number of ether oxygens (including phenoxy) is 1. The molecule has 2 aromatic rings. The summed E-state index contributed by atoms with van der Waals surface area (Å²) in [6.07, 6.45) is -0.135. The van der Waals surface area contributed by atoms with Crippen LogP contribution in [0, 0.1) is 6.92 Å². The van der Waals surface area contributed by atoms with E-state index in [0.29, 0.717) is 12.0 Å². The zero-order valence-corrected chi connectivity index (χ0v) is 17.7. The second-order valence-electron chi connectivity index (χ2n) is 7.71. The van der Waals surface area contributed by atoms with Crippen LogP contribution >= 0.6 is 0 Å². The second-order valence-corrected chi connectivity index (χ2v) is 9.26. The van der Waals surface area contributed by atoms with E-state index in [4.69, 9.17) is 8.92 Å². The fourth-order valence-electron chi connectivity index (χ4n) is 2.51. The van der Waals surface area contributed by atoms with Gasteiger partial charge in [-0.1, -0.05) is 35.9 Å². The molecule has 152 valence electrons. The summed E-state index contributed by atoms with van der Waals surface area (Å²) in [4.78, 5) is 12.0. The van der Waals surface area contributed by atoms with Crippen molar-refractivity contribution in [2.75, 3.05) is 0 Å². The molecule has 0 saturated heterocycles. The fourth-order valence-corrected chi connectivity index (χ4v) is 3.48. The van der Waals surface area contributed by atoms with Gasteiger partial charge in [-0.25, -0.2) is 4.79 Å².